The third kappa shape index (κ3) is 28.9. The third-order valence-electron chi connectivity index (χ3n) is 18.3. The van der Waals surface area contributed by atoms with Crippen LogP contribution in [0.4, 0.5) is 11.4 Å². The molecule has 1 N–H and O–H groups in total. The average molecular weight is 1250 g/mol. The van der Waals surface area contributed by atoms with Crippen molar-refractivity contribution in [2.24, 2.45) is 7.05 Å². The van der Waals surface area contributed by atoms with Gasteiger partial charge in [-0.2, -0.15) is 0 Å². The van der Waals surface area contributed by atoms with Crippen LogP contribution in [0.2, 0.25) is 0 Å². The van der Waals surface area contributed by atoms with Gasteiger partial charge in [-0.25, -0.2) is 16.8 Å². The Hall–Kier alpha value is -3.88. The molecule has 0 radical (unpaired) electrons. The molecule has 5 rings (SSSR count). The van der Waals surface area contributed by atoms with Crippen molar-refractivity contribution < 1.29 is 35.1 Å². The highest BCUT2D eigenvalue weighted by Crippen LogP contribution is 2.42. The van der Waals surface area contributed by atoms with Crippen molar-refractivity contribution in [3.05, 3.63) is 82.1 Å². The van der Waals surface area contributed by atoms with Crippen molar-refractivity contribution in [2.45, 2.75) is 282 Å². The number of nitrogens with one attached hydrogen (secondary N) is 1. The predicted molar refractivity (Wildman–Crippen MR) is 371 cm³/mol. The summed E-state index contributed by atoms with van der Waals surface area (Å²) in [7, 11) is -2.16. The van der Waals surface area contributed by atoms with E-state index < -0.39 is 24.9 Å². The molecule has 0 amide bonds. The topological polar surface area (TPSA) is 142 Å². The lowest BCUT2D eigenvalue weighted by Gasteiger charge is -2.35. The molecule has 1 aliphatic rings. The number of carbonyl (C=O) groups is 1. The zero-order chi connectivity index (χ0) is 64.0. The Bertz CT molecular complexity index is 2710. The van der Waals surface area contributed by atoms with E-state index in [1.807, 2.05) is 0 Å². The van der Waals surface area contributed by atoms with Gasteiger partial charge in [-0.3, -0.25) is 9.59 Å². The molecule has 1 aromatic heterocycles. The number of unbranched alkanes of at least 4 members (excludes halogenated alkanes) is 30. The maximum Gasteiger partial charge on any atom is 0.251 e. The minimum Gasteiger partial charge on any atom is -0.744 e. The number of hydrogen-bond donors (Lipinski definition) is 1. The maximum atomic E-state index is 13.6. The molecule has 0 fully saturated rings. The first-order valence-corrected chi connectivity index (χ1v) is 38.6. The van der Waals surface area contributed by atoms with Crippen molar-refractivity contribution in [1.82, 2.24) is 4.57 Å². The van der Waals surface area contributed by atoms with Gasteiger partial charge in [0.25, 0.3) is 5.56 Å². The molecule has 1 aliphatic carbocycles. The largest absolute Gasteiger partial charge is 0.744 e. The summed E-state index contributed by atoms with van der Waals surface area (Å²) in [6, 6.07) is 14.5. The van der Waals surface area contributed by atoms with Crippen molar-refractivity contribution in [2.75, 3.05) is 64.9 Å². The first kappa shape index (κ1) is 77.4. The highest BCUT2D eigenvalue weighted by Gasteiger charge is 2.30. The molecule has 13 heteroatoms. The lowest BCUT2D eigenvalue weighted by atomic mass is 9.83. The molecule has 0 saturated carbocycles. The zero-order valence-corrected chi connectivity index (χ0v) is 58.6. The number of carbonyl (C=O) groups excluding carboxylic acids is 1. The van der Waals surface area contributed by atoms with Crippen LogP contribution in [0.25, 0.3) is 22.0 Å². The molecule has 0 unspecified atom stereocenters. The fraction of sp³-hybridized carbons (Fsp3) is 0.703. The molecule has 0 atom stereocenters. The fourth-order valence-corrected chi connectivity index (χ4v) is 14.0. The number of hydrogen-bond acceptors (Lipinski definition) is 8. The molecule has 4 aromatic rings. The third-order valence-corrected chi connectivity index (χ3v) is 20.3. The van der Waals surface area contributed by atoms with Crippen LogP contribution in [-0.2, 0) is 27.0 Å². The van der Waals surface area contributed by atoms with E-state index in [-0.39, 0.29) is 33.2 Å². The smallest absolute Gasteiger partial charge is 0.251 e. The summed E-state index contributed by atoms with van der Waals surface area (Å²) in [6.45, 7) is 22.4. The van der Waals surface area contributed by atoms with Gasteiger partial charge in [-0.15, -0.1) is 0 Å². The molecule has 0 spiro atoms. The molecule has 11 nitrogen and oxygen atoms in total. The number of fused-ring (bicyclic) bond motifs is 2. The first-order valence-electron chi connectivity index (χ1n) is 35.3. The second kappa shape index (κ2) is 43.0. The van der Waals surface area contributed by atoms with E-state index >= 15 is 0 Å². The monoisotopic (exact) mass is 1250 g/mol. The summed E-state index contributed by atoms with van der Waals surface area (Å²) in [5.41, 5.74) is 1.99. The Balaban J connectivity index is 0.000000349. The average Bonchev–Trinajstić information content (AvgIpc) is 1.05. The van der Waals surface area contributed by atoms with Crippen molar-refractivity contribution in [3.63, 3.8) is 0 Å². The number of pyridine rings is 1. The number of rotatable bonds is 46. The molecule has 3 aromatic carbocycles. The SMILES string of the molecule is CCCCCCCC[N+](C)(CCCCCCCC)CCCCCCCC.CCCCCCCC[N+](C)(CCCCCCCC)CCCCCCCC.Cn1c(=O)cc2c3c(c(Nc4ccc(S(C)(=O)=O)cc4S(=O)(=O)[O-])ccc31)C(=O)c1ccccc1-2. The minimum absolute atomic E-state index is 0.180. The van der Waals surface area contributed by atoms with E-state index in [1.165, 1.54) is 308 Å². The Morgan fingerprint density at radius 2 is 0.759 bits per heavy atom. The number of sulfone groups is 1. The van der Waals surface area contributed by atoms with Gasteiger partial charge in [0.2, 0.25) is 0 Å². The molecule has 0 aliphatic heterocycles. The summed E-state index contributed by atoms with van der Waals surface area (Å²) in [4.78, 5) is 25.1. The molecule has 0 saturated heterocycles. The van der Waals surface area contributed by atoms with Gasteiger partial charge in [0.1, 0.15) is 10.1 Å². The standard InChI is InChI=1S/2C25H54N.C24H18N2O7S2/c2*1-5-8-11-14-17-20-23-26(4,24-21-18-15-12-9-6-2)25-22-19-16-13-10-7-3;1-26-19-10-9-18(25-17-8-7-13(34(2,29)30)11-20(17)35(31,32)33)23-22(19)16(12-21(26)27)14-5-3-4-6-15(14)24(23)28/h2*5-25H2,1-4H3;3-12,25H,1-2H3,(H,31,32,33)/q2*+1;/p-1. The van der Waals surface area contributed by atoms with E-state index in [2.05, 4.69) is 61.0 Å². The summed E-state index contributed by atoms with van der Waals surface area (Å²) >= 11 is 0. The fourth-order valence-electron chi connectivity index (χ4n) is 12.7. The lowest BCUT2D eigenvalue weighted by molar-refractivity contribution is -0.910. The van der Waals surface area contributed by atoms with Gasteiger partial charge < -0.3 is 23.4 Å². The quantitative estimate of drug-likeness (QED) is 0.0231. The number of anilines is 2. The first-order chi connectivity index (χ1) is 41.7. The van der Waals surface area contributed by atoms with Crippen molar-refractivity contribution in [1.29, 1.82) is 0 Å². The molecule has 0 bridgehead atoms. The van der Waals surface area contributed by atoms with Crippen LogP contribution in [0.1, 0.15) is 289 Å². The van der Waals surface area contributed by atoms with Gasteiger partial charge in [0.15, 0.2) is 15.6 Å². The Kier molecular flexibility index (Phi) is 38.2. The number of aromatic nitrogens is 1. The van der Waals surface area contributed by atoms with E-state index in [0.29, 0.717) is 27.6 Å². The summed E-state index contributed by atoms with van der Waals surface area (Å²) in [5, 5.41) is 3.34. The van der Waals surface area contributed by atoms with E-state index in [4.69, 9.17) is 0 Å². The number of aryl methyl sites for hydroxylation is 1. The zero-order valence-electron chi connectivity index (χ0n) is 57.0. The highest BCUT2D eigenvalue weighted by molar-refractivity contribution is 7.90. The highest BCUT2D eigenvalue weighted by atomic mass is 32.2. The second-order valence-electron chi connectivity index (χ2n) is 26.4. The van der Waals surface area contributed by atoms with Crippen molar-refractivity contribution >= 4 is 48.0 Å². The van der Waals surface area contributed by atoms with Gasteiger partial charge in [-0.05, 0) is 119 Å². The molecule has 87 heavy (non-hydrogen) atoms. The molecule has 494 valence electrons. The summed E-state index contributed by atoms with van der Waals surface area (Å²) < 4.78 is 63.8. The molecule has 1 heterocycles. The Morgan fingerprint density at radius 1 is 0.425 bits per heavy atom. The molecular weight excluding hydrogens is 1120 g/mol. The lowest BCUT2D eigenvalue weighted by Crippen LogP contribution is -2.46. The van der Waals surface area contributed by atoms with Crippen LogP contribution in [0.3, 0.4) is 0 Å². The van der Waals surface area contributed by atoms with Gasteiger partial charge in [0.05, 0.1) is 85.6 Å². The number of quaternary nitrogens is 2. The van der Waals surface area contributed by atoms with E-state index in [9.17, 15) is 31.0 Å². The van der Waals surface area contributed by atoms with Gasteiger partial charge in [-0.1, -0.05) is 220 Å². The van der Waals surface area contributed by atoms with E-state index in [1.54, 1.807) is 37.4 Å². The van der Waals surface area contributed by atoms with E-state index in [0.717, 1.165) is 12.3 Å². The van der Waals surface area contributed by atoms with Crippen LogP contribution in [-0.4, -0.2) is 100 Å². The number of nitrogens with zero attached hydrogens (tertiary/aromatic N) is 3. The summed E-state index contributed by atoms with van der Waals surface area (Å²) in [5.74, 6) is -0.348. The van der Waals surface area contributed by atoms with Crippen LogP contribution in [0.15, 0.2) is 75.2 Å². The maximum absolute atomic E-state index is 13.6. The van der Waals surface area contributed by atoms with Crippen LogP contribution < -0.4 is 10.9 Å². The van der Waals surface area contributed by atoms with Gasteiger partial charge in [0, 0.05) is 30.3 Å². The number of ketones is 1. The number of benzene rings is 3. The Morgan fingerprint density at radius 3 is 1.10 bits per heavy atom. The second-order valence-corrected chi connectivity index (χ2v) is 29.8. The van der Waals surface area contributed by atoms with Gasteiger partial charge >= 0.3 is 0 Å². The molecular formula is C74H125N4O7S2+. The normalized spacial score (nSPS) is 12.4. The minimum atomic E-state index is -5.07. The Labute approximate surface area is 532 Å². The predicted octanol–water partition coefficient (Wildman–Crippen LogP) is 19.8. The summed E-state index contributed by atoms with van der Waals surface area (Å²) in [6.07, 6.45) is 52.6. The van der Waals surface area contributed by atoms with Crippen molar-refractivity contribution in [3.8, 4) is 11.1 Å². The van der Waals surface area contributed by atoms with Crippen LogP contribution in [0.5, 0.6) is 0 Å². The van der Waals surface area contributed by atoms with Crippen LogP contribution in [0, 0.1) is 0 Å². The van der Waals surface area contributed by atoms with Crippen LogP contribution >= 0.6 is 0 Å².